The normalized spacial score (nSPS) is 20.1. The van der Waals surface area contributed by atoms with Crippen molar-refractivity contribution >= 4 is 59.6 Å². The highest BCUT2D eigenvalue weighted by atomic mass is 16.2. The molecule has 3 aromatic rings. The Morgan fingerprint density at radius 1 is 0.710 bits per heavy atom. The number of ketones is 1. The lowest BCUT2D eigenvalue weighted by molar-refractivity contribution is -0.164. The van der Waals surface area contributed by atoms with E-state index >= 15 is 4.79 Å². The van der Waals surface area contributed by atoms with Crippen LogP contribution in [0.3, 0.4) is 0 Å². The number of Topliss-reactive ketones (excluding diaryl/α,β-unsaturated/α-hetero) is 1. The molecule has 0 unspecified atom stereocenters. The minimum absolute atomic E-state index is 0.0208. The van der Waals surface area contributed by atoms with E-state index in [-0.39, 0.29) is 37.9 Å². The Bertz CT molecular complexity index is 2020. The van der Waals surface area contributed by atoms with E-state index < -0.39 is 72.2 Å². The van der Waals surface area contributed by atoms with E-state index in [1.165, 1.54) is 21.6 Å². The predicted octanol–water partition coefficient (Wildman–Crippen LogP) is 1.90. The number of hydrogen-bond acceptors (Lipinski definition) is 12. The minimum atomic E-state index is -1.47. The first-order valence-corrected chi connectivity index (χ1v) is 21.6. The molecule has 1 aromatic heterocycles. The number of carbonyl (C=O) groups is 8. The van der Waals surface area contributed by atoms with Crippen molar-refractivity contribution in [3.63, 3.8) is 0 Å². The van der Waals surface area contributed by atoms with Crippen LogP contribution >= 0.6 is 0 Å². The number of piperidine rings is 1. The van der Waals surface area contributed by atoms with Gasteiger partial charge >= 0.3 is 0 Å². The molecule has 0 saturated carbocycles. The fourth-order valence-electron chi connectivity index (χ4n) is 8.50. The number of hydrogen-bond donors (Lipinski definition) is 5. The highest BCUT2D eigenvalue weighted by Crippen LogP contribution is 2.23. The van der Waals surface area contributed by atoms with Gasteiger partial charge < -0.3 is 38.9 Å². The molecule has 0 bridgehead atoms. The molecule has 2 aromatic carbocycles. The molecule has 0 spiro atoms. The van der Waals surface area contributed by atoms with Gasteiger partial charge in [0.15, 0.2) is 18.1 Å². The van der Waals surface area contributed by atoms with Crippen LogP contribution in [0, 0.1) is 11.8 Å². The molecule has 8 atom stereocenters. The van der Waals surface area contributed by atoms with Crippen molar-refractivity contribution in [3.8, 4) is 0 Å². The summed E-state index contributed by atoms with van der Waals surface area (Å²) in [5.41, 5.74) is 2.56. The van der Waals surface area contributed by atoms with E-state index in [4.69, 9.17) is 0 Å². The number of aldehydes is 4. The number of carbonyl (C=O) groups excluding carboxylic acids is 8. The summed E-state index contributed by atoms with van der Waals surface area (Å²) in [4.78, 5) is 115. The van der Waals surface area contributed by atoms with Gasteiger partial charge in [0.2, 0.25) is 5.91 Å². The molecule has 2 fully saturated rings. The van der Waals surface area contributed by atoms with Crippen LogP contribution < -0.4 is 21.3 Å². The standard InChI is InChI=1S/C46H62N8O8/c1-29(2)20-34(25-55)49-41(31(5)59)53-18-19-54(43(45(53)61)50-35(26-56)21-30(3)4)46(62)42(51-37(28-58)23-33-24-47-39-15-10-9-14-38(33)39)52-17-11-16-40(44(52)60)48-36(27-57)22-32-12-7-6-8-13-32/h6-10,12-15,24-30,34-37,40-43,47-51H,11,16-23H2,1-5H3/t34-,35-,36-,37-,40+,41+,42+,43+/m0/s1. The fourth-order valence-corrected chi connectivity index (χ4v) is 8.50. The van der Waals surface area contributed by atoms with Crippen LogP contribution in [0.1, 0.15) is 71.4 Å². The molecule has 3 amide bonds. The number of nitrogens with zero attached hydrogens (tertiary/aromatic N) is 3. The van der Waals surface area contributed by atoms with Gasteiger partial charge in [-0.2, -0.15) is 0 Å². The lowest BCUT2D eigenvalue weighted by atomic mass is 9.99. The van der Waals surface area contributed by atoms with Crippen molar-refractivity contribution in [1.82, 2.24) is 41.0 Å². The molecule has 62 heavy (non-hydrogen) atoms. The van der Waals surface area contributed by atoms with Gasteiger partial charge in [0, 0.05) is 36.7 Å². The second kappa shape index (κ2) is 22.6. The summed E-state index contributed by atoms with van der Waals surface area (Å²) in [6, 6.07) is 12.8. The third-order valence-corrected chi connectivity index (χ3v) is 11.5. The van der Waals surface area contributed by atoms with Crippen LogP contribution in [-0.4, -0.2) is 137 Å². The first kappa shape index (κ1) is 47.6. The van der Waals surface area contributed by atoms with Gasteiger partial charge in [0.1, 0.15) is 31.3 Å². The molecule has 5 rings (SSSR count). The largest absolute Gasteiger partial charge is 0.361 e. The Morgan fingerprint density at radius 3 is 1.97 bits per heavy atom. The number of aromatic amines is 1. The summed E-state index contributed by atoms with van der Waals surface area (Å²) >= 11 is 0. The number of nitrogens with one attached hydrogen (secondary N) is 5. The van der Waals surface area contributed by atoms with Gasteiger partial charge in [-0.1, -0.05) is 76.2 Å². The van der Waals surface area contributed by atoms with Crippen molar-refractivity contribution in [2.45, 2.75) is 122 Å². The minimum Gasteiger partial charge on any atom is -0.361 e. The maximum Gasteiger partial charge on any atom is 0.262 e. The molecule has 2 aliphatic rings. The van der Waals surface area contributed by atoms with Crippen molar-refractivity contribution in [1.29, 1.82) is 0 Å². The number of aromatic nitrogens is 1. The van der Waals surface area contributed by atoms with Crippen LogP contribution in [0.4, 0.5) is 0 Å². The zero-order valence-corrected chi connectivity index (χ0v) is 36.3. The summed E-state index contributed by atoms with van der Waals surface area (Å²) < 4.78 is 0. The monoisotopic (exact) mass is 854 g/mol. The highest BCUT2D eigenvalue weighted by Gasteiger charge is 2.47. The fraction of sp³-hybridized carbons (Fsp3) is 0.522. The third-order valence-electron chi connectivity index (χ3n) is 11.5. The number of fused-ring (bicyclic) bond motifs is 1. The molecule has 2 aliphatic heterocycles. The van der Waals surface area contributed by atoms with Crippen LogP contribution in [0.15, 0.2) is 60.8 Å². The summed E-state index contributed by atoms with van der Waals surface area (Å²) in [6.45, 7) is 8.87. The Kier molecular flexibility index (Phi) is 17.4. The zero-order valence-electron chi connectivity index (χ0n) is 36.3. The van der Waals surface area contributed by atoms with E-state index in [9.17, 15) is 33.6 Å². The lowest BCUT2D eigenvalue weighted by Crippen LogP contribution is -2.73. The van der Waals surface area contributed by atoms with Gasteiger partial charge in [-0.3, -0.25) is 40.4 Å². The number of likely N-dealkylation sites (tertiary alicyclic amines) is 1. The average molecular weight is 855 g/mol. The van der Waals surface area contributed by atoms with Gasteiger partial charge in [-0.25, -0.2) is 0 Å². The first-order valence-electron chi connectivity index (χ1n) is 21.6. The van der Waals surface area contributed by atoms with Crippen molar-refractivity contribution in [2.75, 3.05) is 19.6 Å². The Hall–Kier alpha value is -5.42. The van der Waals surface area contributed by atoms with E-state index in [1.54, 1.807) is 6.20 Å². The Morgan fingerprint density at radius 2 is 1.32 bits per heavy atom. The number of amides is 3. The van der Waals surface area contributed by atoms with Crippen molar-refractivity contribution in [2.24, 2.45) is 11.8 Å². The van der Waals surface area contributed by atoms with E-state index in [0.717, 1.165) is 28.3 Å². The number of H-pyrrole nitrogens is 1. The maximum atomic E-state index is 15.3. The molecular weight excluding hydrogens is 793 g/mol. The molecule has 2 saturated heterocycles. The second-order valence-corrected chi connectivity index (χ2v) is 17.3. The Balaban J connectivity index is 1.51. The molecule has 16 nitrogen and oxygen atoms in total. The second-order valence-electron chi connectivity index (χ2n) is 17.3. The average Bonchev–Trinajstić information content (AvgIpc) is 3.67. The van der Waals surface area contributed by atoms with E-state index in [2.05, 4.69) is 26.3 Å². The first-order chi connectivity index (χ1) is 29.8. The smallest absolute Gasteiger partial charge is 0.262 e. The molecule has 334 valence electrons. The summed E-state index contributed by atoms with van der Waals surface area (Å²) in [7, 11) is 0. The highest BCUT2D eigenvalue weighted by molar-refractivity contribution is 5.96. The van der Waals surface area contributed by atoms with Gasteiger partial charge in [0.05, 0.1) is 30.2 Å². The molecule has 3 heterocycles. The zero-order chi connectivity index (χ0) is 44.9. The number of para-hydroxylation sites is 1. The maximum absolute atomic E-state index is 15.3. The predicted molar refractivity (Wildman–Crippen MR) is 233 cm³/mol. The Labute approximate surface area is 363 Å². The number of piperazine rings is 1. The lowest BCUT2D eigenvalue weighted by Gasteiger charge is -2.47. The van der Waals surface area contributed by atoms with E-state index in [1.807, 2.05) is 82.3 Å². The summed E-state index contributed by atoms with van der Waals surface area (Å²) in [6.07, 6.45) is 2.52. The van der Waals surface area contributed by atoms with Crippen LogP contribution in [-0.2, 0) is 51.2 Å². The third kappa shape index (κ3) is 12.1. The van der Waals surface area contributed by atoms with Crippen LogP contribution in [0.2, 0.25) is 0 Å². The van der Waals surface area contributed by atoms with E-state index in [0.29, 0.717) is 51.0 Å². The molecular formula is C46H62N8O8. The van der Waals surface area contributed by atoms with Gasteiger partial charge in [-0.05, 0) is 74.5 Å². The van der Waals surface area contributed by atoms with Crippen LogP contribution in [0.5, 0.6) is 0 Å². The SMILES string of the molecule is CC(=O)[C@H](N[C@H](C=O)CC(C)C)N1CCN(C(=O)[C@H](N[C@H](C=O)Cc2c[nH]c3ccccc23)N2CCC[C@@H](N[C@H](C=O)Cc3ccccc3)C2=O)[C@@H](N[C@H](C=O)CC(C)C)C1=O. The molecule has 5 N–H and O–H groups in total. The summed E-state index contributed by atoms with van der Waals surface area (Å²) in [5.74, 6) is -2.17. The molecule has 16 heteroatoms. The van der Waals surface area contributed by atoms with Gasteiger partial charge in [0.25, 0.3) is 11.8 Å². The topological polar surface area (TPSA) is 210 Å². The molecule has 0 aliphatic carbocycles. The quantitative estimate of drug-likeness (QED) is 0.0819. The van der Waals surface area contributed by atoms with Crippen molar-refractivity contribution < 1.29 is 38.4 Å². The van der Waals surface area contributed by atoms with Crippen molar-refractivity contribution in [3.05, 3.63) is 71.9 Å². The van der Waals surface area contributed by atoms with Crippen LogP contribution in [0.25, 0.3) is 10.9 Å². The molecule has 0 radical (unpaired) electrons. The van der Waals surface area contributed by atoms with Gasteiger partial charge in [-0.15, -0.1) is 0 Å². The summed E-state index contributed by atoms with van der Waals surface area (Å²) in [5, 5.41) is 13.4. The number of rotatable bonds is 24. The number of benzene rings is 2.